The summed E-state index contributed by atoms with van der Waals surface area (Å²) in [5.74, 6) is 0.836. The molecular formula is C25H36N2O2. The van der Waals surface area contributed by atoms with E-state index < -0.39 is 0 Å². The first kappa shape index (κ1) is 22.8. The molecule has 1 atom stereocenters. The van der Waals surface area contributed by atoms with Crippen LogP contribution in [0.5, 0.6) is 0 Å². The van der Waals surface area contributed by atoms with Crippen molar-refractivity contribution >= 4 is 17.3 Å². The van der Waals surface area contributed by atoms with E-state index in [1.807, 2.05) is 31.2 Å². The fraction of sp³-hybridized carbons (Fsp3) is 0.480. The van der Waals surface area contributed by atoms with Crippen LogP contribution in [-0.4, -0.2) is 25.7 Å². The SMILES string of the molecule is CCOC(=O)CC(c1ccccc1)c1ccc(N(CC(C)C)CC(C)C)c(N)c1. The fourth-order valence-corrected chi connectivity index (χ4v) is 3.73. The van der Waals surface area contributed by atoms with Gasteiger partial charge in [0.15, 0.2) is 0 Å². The lowest BCUT2D eigenvalue weighted by atomic mass is 9.88. The molecule has 0 spiro atoms. The number of anilines is 2. The van der Waals surface area contributed by atoms with Crippen molar-refractivity contribution in [3.05, 3.63) is 59.7 Å². The topological polar surface area (TPSA) is 55.6 Å². The van der Waals surface area contributed by atoms with E-state index in [0.717, 1.165) is 35.6 Å². The van der Waals surface area contributed by atoms with E-state index in [2.05, 4.69) is 56.9 Å². The van der Waals surface area contributed by atoms with Crippen molar-refractivity contribution in [2.45, 2.75) is 47.0 Å². The van der Waals surface area contributed by atoms with Gasteiger partial charge < -0.3 is 15.4 Å². The Hall–Kier alpha value is -2.49. The molecule has 2 N–H and O–H groups in total. The minimum absolute atomic E-state index is 0.0738. The largest absolute Gasteiger partial charge is 0.466 e. The standard InChI is InChI=1S/C25H36N2O2/c1-6-29-25(28)15-22(20-10-8-7-9-11-20)21-12-13-24(23(26)14-21)27(16-18(2)3)17-19(4)5/h7-14,18-19,22H,6,15-17,26H2,1-5H3. The predicted octanol–water partition coefficient (Wildman–Crippen LogP) is 5.47. The van der Waals surface area contributed by atoms with Crippen LogP contribution in [-0.2, 0) is 9.53 Å². The molecule has 1 unspecified atom stereocenters. The number of ether oxygens (including phenoxy) is 1. The van der Waals surface area contributed by atoms with Crippen molar-refractivity contribution in [3.63, 3.8) is 0 Å². The van der Waals surface area contributed by atoms with Gasteiger partial charge in [-0.2, -0.15) is 0 Å². The Balaban J connectivity index is 2.37. The van der Waals surface area contributed by atoms with Crippen LogP contribution >= 0.6 is 0 Å². The third-order valence-corrected chi connectivity index (χ3v) is 4.84. The molecular weight excluding hydrogens is 360 g/mol. The number of carbonyl (C=O) groups excluding carboxylic acids is 1. The average molecular weight is 397 g/mol. The third-order valence-electron chi connectivity index (χ3n) is 4.84. The summed E-state index contributed by atoms with van der Waals surface area (Å²) in [6.07, 6.45) is 0.304. The molecule has 0 bridgehead atoms. The van der Waals surface area contributed by atoms with E-state index >= 15 is 0 Å². The van der Waals surface area contributed by atoms with Gasteiger partial charge in [-0.1, -0.05) is 64.1 Å². The Morgan fingerprint density at radius 1 is 0.966 bits per heavy atom. The molecule has 0 saturated carbocycles. The molecule has 158 valence electrons. The molecule has 2 rings (SSSR count). The first-order valence-electron chi connectivity index (χ1n) is 10.7. The fourth-order valence-electron chi connectivity index (χ4n) is 3.73. The summed E-state index contributed by atoms with van der Waals surface area (Å²) in [5, 5.41) is 0. The lowest BCUT2D eigenvalue weighted by Crippen LogP contribution is -2.32. The second-order valence-electron chi connectivity index (χ2n) is 8.48. The van der Waals surface area contributed by atoms with Crippen molar-refractivity contribution in [2.24, 2.45) is 11.8 Å². The molecule has 0 aliphatic heterocycles. The first-order valence-corrected chi connectivity index (χ1v) is 10.7. The highest BCUT2D eigenvalue weighted by molar-refractivity contribution is 5.73. The summed E-state index contributed by atoms with van der Waals surface area (Å²) in [6, 6.07) is 16.3. The monoisotopic (exact) mass is 396 g/mol. The molecule has 0 aromatic heterocycles. The van der Waals surface area contributed by atoms with Crippen molar-refractivity contribution in [1.82, 2.24) is 0 Å². The van der Waals surface area contributed by atoms with E-state index in [0.29, 0.717) is 24.9 Å². The van der Waals surface area contributed by atoms with Crippen LogP contribution in [0.4, 0.5) is 11.4 Å². The Morgan fingerprint density at radius 2 is 1.59 bits per heavy atom. The maximum atomic E-state index is 12.2. The second-order valence-corrected chi connectivity index (χ2v) is 8.48. The van der Waals surface area contributed by atoms with E-state index in [1.54, 1.807) is 0 Å². The zero-order chi connectivity index (χ0) is 21.4. The molecule has 2 aromatic carbocycles. The van der Waals surface area contributed by atoms with Gasteiger partial charge in [-0.05, 0) is 42.0 Å². The molecule has 4 nitrogen and oxygen atoms in total. The van der Waals surface area contributed by atoms with Gasteiger partial charge in [0.1, 0.15) is 0 Å². The van der Waals surface area contributed by atoms with Gasteiger partial charge >= 0.3 is 5.97 Å². The van der Waals surface area contributed by atoms with Crippen molar-refractivity contribution < 1.29 is 9.53 Å². The summed E-state index contributed by atoms with van der Waals surface area (Å²) in [5.41, 5.74) is 10.5. The molecule has 0 saturated heterocycles. The lowest BCUT2D eigenvalue weighted by molar-refractivity contribution is -0.143. The summed E-state index contributed by atoms with van der Waals surface area (Å²) in [4.78, 5) is 14.6. The van der Waals surface area contributed by atoms with Gasteiger partial charge in [0.05, 0.1) is 24.4 Å². The van der Waals surface area contributed by atoms with Crippen LogP contribution < -0.4 is 10.6 Å². The molecule has 0 aliphatic rings. The van der Waals surface area contributed by atoms with Crippen LogP contribution in [0, 0.1) is 11.8 Å². The lowest BCUT2D eigenvalue weighted by Gasteiger charge is -2.30. The second kappa shape index (κ2) is 10.9. The molecule has 0 heterocycles. The minimum atomic E-state index is -0.190. The van der Waals surface area contributed by atoms with Gasteiger partial charge in [-0.25, -0.2) is 0 Å². The van der Waals surface area contributed by atoms with Gasteiger partial charge in [-0.15, -0.1) is 0 Å². The molecule has 2 aromatic rings. The van der Waals surface area contributed by atoms with Crippen LogP contribution in [0.25, 0.3) is 0 Å². The summed E-state index contributed by atoms with van der Waals surface area (Å²) >= 11 is 0. The number of nitrogen functional groups attached to an aromatic ring is 1. The number of hydrogen-bond donors (Lipinski definition) is 1. The Labute approximate surface area is 176 Å². The molecule has 29 heavy (non-hydrogen) atoms. The number of rotatable bonds is 10. The van der Waals surface area contributed by atoms with E-state index in [-0.39, 0.29) is 11.9 Å². The van der Waals surface area contributed by atoms with Crippen molar-refractivity contribution in [3.8, 4) is 0 Å². The normalized spacial score (nSPS) is 12.2. The Kier molecular flexibility index (Phi) is 8.56. The van der Waals surface area contributed by atoms with Gasteiger partial charge in [0.25, 0.3) is 0 Å². The third kappa shape index (κ3) is 6.81. The Morgan fingerprint density at radius 3 is 2.10 bits per heavy atom. The maximum Gasteiger partial charge on any atom is 0.306 e. The number of nitrogens with zero attached hydrogens (tertiary/aromatic N) is 1. The van der Waals surface area contributed by atoms with E-state index in [1.165, 1.54) is 0 Å². The number of carbonyl (C=O) groups is 1. The van der Waals surface area contributed by atoms with E-state index in [4.69, 9.17) is 10.5 Å². The minimum Gasteiger partial charge on any atom is -0.466 e. The van der Waals surface area contributed by atoms with Crippen LogP contribution in [0.3, 0.4) is 0 Å². The van der Waals surface area contributed by atoms with Crippen molar-refractivity contribution in [2.75, 3.05) is 30.3 Å². The first-order chi connectivity index (χ1) is 13.8. The number of hydrogen-bond acceptors (Lipinski definition) is 4. The van der Waals surface area contributed by atoms with Crippen LogP contribution in [0.15, 0.2) is 48.5 Å². The summed E-state index contributed by atoms with van der Waals surface area (Å²) < 4.78 is 5.22. The highest BCUT2D eigenvalue weighted by Gasteiger charge is 2.21. The van der Waals surface area contributed by atoms with Gasteiger partial charge in [-0.3, -0.25) is 4.79 Å². The molecule has 0 radical (unpaired) electrons. The summed E-state index contributed by atoms with van der Waals surface area (Å²) in [6.45, 7) is 13.1. The molecule has 4 heteroatoms. The van der Waals surface area contributed by atoms with Gasteiger partial charge in [0.2, 0.25) is 0 Å². The zero-order valence-corrected chi connectivity index (χ0v) is 18.5. The highest BCUT2D eigenvalue weighted by Crippen LogP contribution is 2.34. The average Bonchev–Trinajstić information content (AvgIpc) is 2.65. The van der Waals surface area contributed by atoms with E-state index in [9.17, 15) is 4.79 Å². The highest BCUT2D eigenvalue weighted by atomic mass is 16.5. The van der Waals surface area contributed by atoms with Gasteiger partial charge in [0, 0.05) is 19.0 Å². The number of nitrogens with two attached hydrogens (primary N) is 1. The molecule has 0 amide bonds. The Bertz CT molecular complexity index is 762. The molecule has 0 aliphatic carbocycles. The quantitative estimate of drug-likeness (QED) is 0.427. The predicted molar refractivity (Wildman–Crippen MR) is 122 cm³/mol. The van der Waals surface area contributed by atoms with Crippen LogP contribution in [0.2, 0.25) is 0 Å². The van der Waals surface area contributed by atoms with Crippen LogP contribution in [0.1, 0.15) is 58.1 Å². The maximum absolute atomic E-state index is 12.2. The zero-order valence-electron chi connectivity index (χ0n) is 18.5. The smallest absolute Gasteiger partial charge is 0.306 e. The number of benzene rings is 2. The molecule has 0 fully saturated rings. The van der Waals surface area contributed by atoms with Crippen molar-refractivity contribution in [1.29, 1.82) is 0 Å². The summed E-state index contributed by atoms with van der Waals surface area (Å²) in [7, 11) is 0. The number of esters is 1.